The van der Waals surface area contributed by atoms with Gasteiger partial charge in [0.05, 0.1) is 5.69 Å². The van der Waals surface area contributed by atoms with Gasteiger partial charge in [0, 0.05) is 35.7 Å². The van der Waals surface area contributed by atoms with Crippen LogP contribution in [0.3, 0.4) is 0 Å². The Morgan fingerprint density at radius 2 is 2.00 bits per heavy atom. The Bertz CT molecular complexity index is 874. The molecule has 0 amide bonds. The van der Waals surface area contributed by atoms with E-state index in [9.17, 15) is 10.1 Å². The summed E-state index contributed by atoms with van der Waals surface area (Å²) in [7, 11) is 0. The van der Waals surface area contributed by atoms with Crippen LogP contribution in [0.25, 0.3) is 11.3 Å². The number of hydrogen-bond donors (Lipinski definition) is 0. The fourth-order valence-electron chi connectivity index (χ4n) is 2.53. The summed E-state index contributed by atoms with van der Waals surface area (Å²) < 4.78 is 1.60. The van der Waals surface area contributed by atoms with Gasteiger partial charge in [-0.25, -0.2) is 15.0 Å². The number of nitriles is 1. The quantitative estimate of drug-likeness (QED) is 0.741. The number of hydrogen-bond acceptors (Lipinski definition) is 6. The van der Waals surface area contributed by atoms with E-state index in [0.29, 0.717) is 34.7 Å². The monoisotopic (exact) mass is 341 g/mol. The first-order chi connectivity index (χ1) is 11.3. The van der Waals surface area contributed by atoms with E-state index >= 15 is 0 Å². The van der Waals surface area contributed by atoms with Crippen LogP contribution in [-0.4, -0.2) is 25.3 Å². The molecule has 0 aliphatic carbocycles. The lowest BCUT2D eigenvalue weighted by Gasteiger charge is -2.23. The molecule has 3 heterocycles. The summed E-state index contributed by atoms with van der Waals surface area (Å²) >= 11 is 1.55. The number of fused-ring (bicyclic) bond motifs is 1. The molecular formula is C17H19N5OS. The van der Waals surface area contributed by atoms with Gasteiger partial charge in [0.25, 0.3) is 5.56 Å². The molecule has 124 valence electrons. The molecule has 0 saturated carbocycles. The zero-order valence-electron chi connectivity index (χ0n) is 14.2. The molecule has 3 rings (SSSR count). The molecule has 7 heteroatoms. The molecule has 0 spiro atoms. The van der Waals surface area contributed by atoms with Gasteiger partial charge in [0.15, 0.2) is 5.16 Å². The average Bonchev–Trinajstić information content (AvgIpc) is 2.54. The standard InChI is InChI=1S/C17H19N5OS/c1-10-8-22-14(23)12(5-18)13(21-16(22)24-9-10)11-6-19-15(20-7-11)17(2,3)4/h6-7,10H,8-9H2,1-4H3. The Labute approximate surface area is 145 Å². The van der Waals surface area contributed by atoms with Gasteiger partial charge in [-0.1, -0.05) is 39.5 Å². The van der Waals surface area contributed by atoms with Gasteiger partial charge in [-0.2, -0.15) is 5.26 Å². The van der Waals surface area contributed by atoms with Crippen molar-refractivity contribution in [2.45, 2.75) is 44.8 Å². The first kappa shape index (κ1) is 16.7. The molecule has 0 radical (unpaired) electrons. The van der Waals surface area contributed by atoms with E-state index in [2.05, 4.69) is 21.9 Å². The molecule has 0 N–H and O–H groups in total. The van der Waals surface area contributed by atoms with E-state index in [0.717, 1.165) is 5.75 Å². The van der Waals surface area contributed by atoms with Gasteiger partial charge in [0.2, 0.25) is 0 Å². The van der Waals surface area contributed by atoms with Crippen LogP contribution in [0, 0.1) is 17.2 Å². The van der Waals surface area contributed by atoms with E-state index in [1.54, 1.807) is 28.7 Å². The van der Waals surface area contributed by atoms with Crippen molar-refractivity contribution in [1.29, 1.82) is 5.26 Å². The molecule has 1 aliphatic heterocycles. The zero-order valence-corrected chi connectivity index (χ0v) is 15.0. The van der Waals surface area contributed by atoms with Crippen LogP contribution in [0.5, 0.6) is 0 Å². The summed E-state index contributed by atoms with van der Waals surface area (Å²) in [5, 5.41) is 10.1. The Kier molecular flexibility index (Phi) is 4.18. The van der Waals surface area contributed by atoms with E-state index in [4.69, 9.17) is 0 Å². The minimum absolute atomic E-state index is 0.0561. The molecule has 1 atom stereocenters. The Morgan fingerprint density at radius 3 is 2.58 bits per heavy atom. The number of thioether (sulfide) groups is 1. The van der Waals surface area contributed by atoms with Crippen LogP contribution >= 0.6 is 11.8 Å². The second-order valence-corrected chi connectivity index (χ2v) is 8.09. The highest BCUT2D eigenvalue weighted by molar-refractivity contribution is 7.99. The molecule has 0 bridgehead atoms. The van der Waals surface area contributed by atoms with E-state index in [1.165, 1.54) is 0 Å². The van der Waals surface area contributed by atoms with Crippen molar-refractivity contribution in [3.63, 3.8) is 0 Å². The number of nitrogens with zero attached hydrogens (tertiary/aromatic N) is 5. The average molecular weight is 341 g/mol. The highest BCUT2D eigenvalue weighted by Gasteiger charge is 2.24. The molecule has 0 aromatic carbocycles. The zero-order chi connectivity index (χ0) is 17.5. The van der Waals surface area contributed by atoms with Crippen LogP contribution in [0.4, 0.5) is 0 Å². The highest BCUT2D eigenvalue weighted by atomic mass is 32.2. The molecule has 24 heavy (non-hydrogen) atoms. The maximum Gasteiger partial charge on any atom is 0.272 e. The fraction of sp³-hybridized carbons (Fsp3) is 0.471. The molecule has 2 aromatic heterocycles. The van der Waals surface area contributed by atoms with Crippen molar-refractivity contribution in [3.8, 4) is 17.3 Å². The third-order valence-corrected chi connectivity index (χ3v) is 5.14. The number of aromatic nitrogens is 4. The smallest absolute Gasteiger partial charge is 0.272 e. The van der Waals surface area contributed by atoms with Crippen molar-refractivity contribution >= 4 is 11.8 Å². The molecule has 6 nitrogen and oxygen atoms in total. The highest BCUT2D eigenvalue weighted by Crippen LogP contribution is 2.28. The normalized spacial score (nSPS) is 17.2. The molecule has 1 unspecified atom stereocenters. The van der Waals surface area contributed by atoms with E-state index in [-0.39, 0.29) is 16.5 Å². The van der Waals surface area contributed by atoms with Gasteiger partial charge in [-0.3, -0.25) is 9.36 Å². The molecule has 0 fully saturated rings. The fourth-order valence-corrected chi connectivity index (χ4v) is 3.54. The summed E-state index contributed by atoms with van der Waals surface area (Å²) in [5.41, 5.74) is 0.582. The summed E-state index contributed by atoms with van der Waals surface area (Å²) in [6.07, 6.45) is 3.28. The van der Waals surface area contributed by atoms with E-state index < -0.39 is 0 Å². The Morgan fingerprint density at radius 1 is 1.33 bits per heavy atom. The predicted molar refractivity (Wildman–Crippen MR) is 92.8 cm³/mol. The van der Waals surface area contributed by atoms with Crippen LogP contribution in [0.15, 0.2) is 22.3 Å². The number of rotatable bonds is 1. The molecule has 0 saturated heterocycles. The lowest BCUT2D eigenvalue weighted by Crippen LogP contribution is -2.32. The topological polar surface area (TPSA) is 84.5 Å². The third-order valence-electron chi connectivity index (χ3n) is 3.83. The van der Waals surface area contributed by atoms with Crippen molar-refractivity contribution in [1.82, 2.24) is 19.5 Å². The summed E-state index contributed by atoms with van der Waals surface area (Å²) in [4.78, 5) is 26.0. The summed E-state index contributed by atoms with van der Waals surface area (Å²) in [6, 6.07) is 2.01. The van der Waals surface area contributed by atoms with Crippen molar-refractivity contribution < 1.29 is 0 Å². The maximum absolute atomic E-state index is 12.7. The first-order valence-electron chi connectivity index (χ1n) is 7.82. The van der Waals surface area contributed by atoms with Crippen molar-refractivity contribution in [3.05, 3.63) is 34.1 Å². The lowest BCUT2D eigenvalue weighted by molar-refractivity contribution is 0.460. The van der Waals surface area contributed by atoms with Crippen LogP contribution in [0.2, 0.25) is 0 Å². The van der Waals surface area contributed by atoms with Crippen molar-refractivity contribution in [2.24, 2.45) is 5.92 Å². The minimum atomic E-state index is -0.281. The van der Waals surface area contributed by atoms with Crippen molar-refractivity contribution in [2.75, 3.05) is 5.75 Å². The molecule has 1 aliphatic rings. The maximum atomic E-state index is 12.7. The van der Waals surface area contributed by atoms with Gasteiger partial charge in [-0.15, -0.1) is 0 Å². The van der Waals surface area contributed by atoms with Crippen LogP contribution in [-0.2, 0) is 12.0 Å². The van der Waals surface area contributed by atoms with E-state index in [1.807, 2.05) is 26.8 Å². The van der Waals surface area contributed by atoms with Crippen LogP contribution < -0.4 is 5.56 Å². The summed E-state index contributed by atoms with van der Waals surface area (Å²) in [6.45, 7) is 8.78. The van der Waals surface area contributed by atoms with Gasteiger partial charge < -0.3 is 0 Å². The van der Waals surface area contributed by atoms with Gasteiger partial charge >= 0.3 is 0 Å². The SMILES string of the molecule is CC1CSc2nc(-c3cnc(C(C)(C)C)nc3)c(C#N)c(=O)n2C1. The van der Waals surface area contributed by atoms with Crippen LogP contribution in [0.1, 0.15) is 39.1 Å². The largest absolute Gasteiger partial charge is 0.286 e. The Hall–Kier alpha value is -2.20. The lowest BCUT2D eigenvalue weighted by atomic mass is 9.95. The second kappa shape index (κ2) is 6.02. The third kappa shape index (κ3) is 2.94. The molecule has 2 aromatic rings. The Balaban J connectivity index is 2.14. The first-order valence-corrected chi connectivity index (χ1v) is 8.80. The minimum Gasteiger partial charge on any atom is -0.286 e. The van der Waals surface area contributed by atoms with Gasteiger partial charge in [-0.05, 0) is 5.92 Å². The van der Waals surface area contributed by atoms with Gasteiger partial charge in [0.1, 0.15) is 17.5 Å². The predicted octanol–water partition coefficient (Wildman–Crippen LogP) is 2.61. The second-order valence-electron chi connectivity index (χ2n) is 7.11. The molecular weight excluding hydrogens is 322 g/mol. The summed E-state index contributed by atoms with van der Waals surface area (Å²) in [5.74, 6) is 2.01.